The van der Waals surface area contributed by atoms with Gasteiger partial charge in [0.05, 0.1) is 5.56 Å². The highest BCUT2D eigenvalue weighted by atomic mass is 16.3. The van der Waals surface area contributed by atoms with Crippen LogP contribution in [0.25, 0.3) is 11.1 Å². The molecule has 0 saturated heterocycles. The van der Waals surface area contributed by atoms with E-state index in [-0.39, 0.29) is 11.0 Å². The fraction of sp³-hybridized carbons (Fsp3) is 0.0769. The summed E-state index contributed by atoms with van der Waals surface area (Å²) in [6.45, 7) is 1.89. The first-order valence-electron chi connectivity index (χ1n) is 5.25. The van der Waals surface area contributed by atoms with Gasteiger partial charge in [0.25, 0.3) is 0 Å². The van der Waals surface area contributed by atoms with E-state index in [2.05, 4.69) is 0 Å². The smallest absolute Gasteiger partial charge is 0.200 e. The third kappa shape index (κ3) is 1.74. The van der Waals surface area contributed by atoms with Gasteiger partial charge in [0, 0.05) is 0 Å². The van der Waals surface area contributed by atoms with Crippen molar-refractivity contribution in [3.05, 3.63) is 29.8 Å². The standard InChI is InChI=1S/C13H11BO4/c1-6-2-4-7(5-3-6)8-10(15)9(14)12(17)13(18)11(8)16/h2-5,15-18H,1H3. The molecule has 18 heavy (non-hydrogen) atoms. The van der Waals surface area contributed by atoms with E-state index in [1.165, 1.54) is 0 Å². The molecule has 0 spiro atoms. The maximum atomic E-state index is 9.85. The lowest BCUT2D eigenvalue weighted by molar-refractivity contribution is 0.365. The number of rotatable bonds is 1. The van der Waals surface area contributed by atoms with Gasteiger partial charge in [-0.25, -0.2) is 0 Å². The highest BCUT2D eigenvalue weighted by Crippen LogP contribution is 2.46. The summed E-state index contributed by atoms with van der Waals surface area (Å²) in [6.07, 6.45) is 0. The lowest BCUT2D eigenvalue weighted by Gasteiger charge is -2.14. The summed E-state index contributed by atoms with van der Waals surface area (Å²) in [5.41, 5.74) is 1.11. The molecule has 0 aliphatic heterocycles. The molecule has 0 aliphatic carbocycles. The number of hydrogen-bond donors (Lipinski definition) is 4. The van der Waals surface area contributed by atoms with Crippen LogP contribution >= 0.6 is 0 Å². The van der Waals surface area contributed by atoms with Crippen LogP contribution in [-0.2, 0) is 0 Å². The van der Waals surface area contributed by atoms with Gasteiger partial charge in [-0.3, -0.25) is 0 Å². The first-order valence-corrected chi connectivity index (χ1v) is 5.25. The van der Waals surface area contributed by atoms with E-state index in [9.17, 15) is 20.4 Å². The minimum absolute atomic E-state index is 0.0113. The largest absolute Gasteiger partial charge is 0.508 e. The van der Waals surface area contributed by atoms with Crippen molar-refractivity contribution >= 4 is 13.3 Å². The lowest BCUT2D eigenvalue weighted by atomic mass is 9.88. The molecular formula is C13H11BO4. The van der Waals surface area contributed by atoms with E-state index < -0.39 is 23.0 Å². The molecule has 2 radical (unpaired) electrons. The molecule has 0 fully saturated rings. The van der Waals surface area contributed by atoms with Crippen molar-refractivity contribution in [3.63, 3.8) is 0 Å². The van der Waals surface area contributed by atoms with E-state index in [1.54, 1.807) is 24.3 Å². The summed E-state index contributed by atoms with van der Waals surface area (Å²) in [5.74, 6) is -2.56. The van der Waals surface area contributed by atoms with E-state index in [0.29, 0.717) is 5.56 Å². The van der Waals surface area contributed by atoms with E-state index in [1.807, 2.05) is 6.92 Å². The number of aryl methyl sites for hydroxylation is 1. The molecule has 2 aromatic rings. The summed E-state index contributed by atoms with van der Waals surface area (Å²) in [6, 6.07) is 6.91. The zero-order valence-electron chi connectivity index (χ0n) is 9.68. The fourth-order valence-corrected chi connectivity index (χ4v) is 1.71. The van der Waals surface area contributed by atoms with Gasteiger partial charge in [0.15, 0.2) is 11.5 Å². The number of phenolic OH excluding ortho intramolecular Hbond substituents is 4. The summed E-state index contributed by atoms with van der Waals surface area (Å²) >= 11 is 0. The predicted octanol–water partition coefficient (Wildman–Crippen LogP) is 1.28. The SMILES string of the molecule is [B]c1c(O)c(O)c(O)c(-c2ccc(C)cc2)c1O. The van der Waals surface area contributed by atoms with E-state index in [4.69, 9.17) is 7.85 Å². The highest BCUT2D eigenvalue weighted by Gasteiger charge is 2.21. The molecule has 0 aliphatic rings. The first-order chi connectivity index (χ1) is 8.43. The van der Waals surface area contributed by atoms with Crippen molar-refractivity contribution in [3.8, 4) is 34.1 Å². The van der Waals surface area contributed by atoms with Gasteiger partial charge in [-0.15, -0.1) is 0 Å². The Morgan fingerprint density at radius 2 is 1.33 bits per heavy atom. The molecule has 4 nitrogen and oxygen atoms in total. The average Bonchev–Trinajstić information content (AvgIpc) is 2.36. The summed E-state index contributed by atoms with van der Waals surface area (Å²) in [4.78, 5) is 0. The van der Waals surface area contributed by atoms with Crippen LogP contribution < -0.4 is 5.46 Å². The van der Waals surface area contributed by atoms with Crippen LogP contribution in [0.3, 0.4) is 0 Å². The summed E-state index contributed by atoms with van der Waals surface area (Å²) in [7, 11) is 5.45. The second-order valence-electron chi connectivity index (χ2n) is 4.05. The van der Waals surface area contributed by atoms with Gasteiger partial charge < -0.3 is 20.4 Å². The Labute approximate surface area is 105 Å². The molecule has 0 unspecified atom stereocenters. The second kappa shape index (κ2) is 4.18. The number of aromatic hydroxyl groups is 4. The normalized spacial score (nSPS) is 10.5. The Kier molecular flexibility index (Phi) is 2.83. The Hall–Kier alpha value is -2.30. The molecule has 90 valence electrons. The summed E-state index contributed by atoms with van der Waals surface area (Å²) < 4.78 is 0. The highest BCUT2D eigenvalue weighted by molar-refractivity contribution is 6.37. The Morgan fingerprint density at radius 1 is 0.778 bits per heavy atom. The van der Waals surface area contributed by atoms with Crippen LogP contribution in [0.2, 0.25) is 0 Å². The van der Waals surface area contributed by atoms with Crippen LogP contribution in [0.5, 0.6) is 23.0 Å². The molecule has 5 heteroatoms. The van der Waals surface area contributed by atoms with Gasteiger partial charge in [-0.2, -0.15) is 0 Å². The van der Waals surface area contributed by atoms with Crippen LogP contribution in [0, 0.1) is 6.92 Å². The first kappa shape index (κ1) is 12.2. The van der Waals surface area contributed by atoms with Gasteiger partial charge in [-0.05, 0) is 17.9 Å². The maximum Gasteiger partial charge on any atom is 0.200 e. The monoisotopic (exact) mass is 242 g/mol. The zero-order valence-corrected chi connectivity index (χ0v) is 9.68. The van der Waals surface area contributed by atoms with E-state index >= 15 is 0 Å². The maximum absolute atomic E-state index is 9.85. The minimum Gasteiger partial charge on any atom is -0.508 e. The molecular weight excluding hydrogens is 231 g/mol. The van der Waals surface area contributed by atoms with Crippen molar-refractivity contribution in [2.75, 3.05) is 0 Å². The second-order valence-corrected chi connectivity index (χ2v) is 4.05. The number of phenols is 4. The van der Waals surface area contributed by atoms with Crippen molar-refractivity contribution in [2.24, 2.45) is 0 Å². The topological polar surface area (TPSA) is 80.9 Å². The predicted molar refractivity (Wildman–Crippen MR) is 68.7 cm³/mol. The van der Waals surface area contributed by atoms with Gasteiger partial charge in [0.2, 0.25) is 5.75 Å². The zero-order chi connectivity index (χ0) is 13.4. The Morgan fingerprint density at radius 3 is 1.89 bits per heavy atom. The fourth-order valence-electron chi connectivity index (χ4n) is 1.71. The molecule has 4 N–H and O–H groups in total. The molecule has 0 heterocycles. The van der Waals surface area contributed by atoms with Crippen molar-refractivity contribution in [1.82, 2.24) is 0 Å². The molecule has 0 bridgehead atoms. The van der Waals surface area contributed by atoms with Crippen molar-refractivity contribution < 1.29 is 20.4 Å². The Balaban J connectivity index is 2.75. The molecule has 2 aromatic carbocycles. The number of hydrogen-bond acceptors (Lipinski definition) is 4. The molecule has 0 amide bonds. The third-order valence-electron chi connectivity index (χ3n) is 2.77. The van der Waals surface area contributed by atoms with Gasteiger partial charge in [-0.1, -0.05) is 29.8 Å². The number of benzene rings is 2. The lowest BCUT2D eigenvalue weighted by Crippen LogP contribution is -2.05. The van der Waals surface area contributed by atoms with Gasteiger partial charge in [0.1, 0.15) is 13.6 Å². The van der Waals surface area contributed by atoms with Crippen LogP contribution in [0.15, 0.2) is 24.3 Å². The third-order valence-corrected chi connectivity index (χ3v) is 2.77. The van der Waals surface area contributed by atoms with Crippen molar-refractivity contribution in [2.45, 2.75) is 6.92 Å². The minimum atomic E-state index is -0.749. The molecule has 2 rings (SSSR count). The van der Waals surface area contributed by atoms with Crippen molar-refractivity contribution in [1.29, 1.82) is 0 Å². The quantitative estimate of drug-likeness (QED) is 0.345. The molecule has 0 atom stereocenters. The van der Waals surface area contributed by atoms with Crippen LogP contribution in [0.1, 0.15) is 5.56 Å². The molecule has 0 saturated carbocycles. The Bertz CT molecular complexity index is 576. The van der Waals surface area contributed by atoms with Crippen LogP contribution in [0.4, 0.5) is 0 Å². The average molecular weight is 242 g/mol. The summed E-state index contributed by atoms with van der Waals surface area (Å²) in [5, 5.41) is 38.5. The van der Waals surface area contributed by atoms with E-state index in [0.717, 1.165) is 5.56 Å². The van der Waals surface area contributed by atoms with Crippen LogP contribution in [-0.4, -0.2) is 28.3 Å². The molecule has 0 aromatic heterocycles. The van der Waals surface area contributed by atoms with Gasteiger partial charge >= 0.3 is 0 Å².